The molecule has 1 heterocycles. The van der Waals surface area contributed by atoms with Crippen molar-refractivity contribution in [2.45, 2.75) is 20.4 Å². The number of rotatable bonds is 8. The minimum atomic E-state index is -3.76. The average Bonchev–Trinajstić information content (AvgIpc) is 3.35. The van der Waals surface area contributed by atoms with E-state index in [4.69, 9.17) is 16.3 Å². The van der Waals surface area contributed by atoms with Gasteiger partial charge in [0.25, 0.3) is 0 Å². The van der Waals surface area contributed by atoms with Crippen LogP contribution in [0.4, 0.5) is 5.69 Å². The van der Waals surface area contributed by atoms with Crippen molar-refractivity contribution in [3.63, 3.8) is 0 Å². The number of aryl methyl sites for hydroxylation is 2. The molecule has 204 valence electrons. The lowest BCUT2D eigenvalue weighted by atomic mass is 10.2. The number of anilines is 1. The molecule has 0 unspecified atom stereocenters. The van der Waals surface area contributed by atoms with Gasteiger partial charge in [0.2, 0.25) is 10.0 Å². The van der Waals surface area contributed by atoms with Crippen molar-refractivity contribution in [3.8, 4) is 10.4 Å². The Labute approximate surface area is 253 Å². The smallest absolute Gasteiger partial charge is 0.350 e. The van der Waals surface area contributed by atoms with E-state index in [2.05, 4.69) is 35.2 Å². The molecule has 0 fully saturated rings. The second kappa shape index (κ2) is 14.1. The van der Waals surface area contributed by atoms with Crippen molar-refractivity contribution in [2.75, 3.05) is 17.2 Å². The molecule has 4 rings (SSSR count). The van der Waals surface area contributed by atoms with Crippen LogP contribution < -0.4 is 4.31 Å². The summed E-state index contributed by atoms with van der Waals surface area (Å²) in [6.45, 7) is 7.71. The molecule has 0 spiro atoms. The highest BCUT2D eigenvalue weighted by Gasteiger charge is 2.29. The second-order valence-corrected chi connectivity index (χ2v) is 13.3. The van der Waals surface area contributed by atoms with Gasteiger partial charge in [-0.1, -0.05) is 72.3 Å². The van der Waals surface area contributed by atoms with Gasteiger partial charge in [-0.15, -0.1) is 17.9 Å². The molecule has 0 amide bonds. The fraction of sp³-hybridized carbons (Fsp3) is 0.167. The Bertz CT molecular complexity index is 1550. The molecule has 0 N–H and O–H groups in total. The SMILES string of the molecule is C=CCS(=O)(=O)N(Cc1cccc(I)c1)c1cc(-c2ccccc2)sc1C(=O)OC.Cc1ccc(C)c(Cl)c1. The van der Waals surface area contributed by atoms with Gasteiger partial charge < -0.3 is 4.74 Å². The summed E-state index contributed by atoms with van der Waals surface area (Å²) in [6.07, 6.45) is 1.35. The first kappa shape index (κ1) is 30.9. The maximum Gasteiger partial charge on any atom is 0.350 e. The molecule has 5 nitrogen and oxygen atoms in total. The van der Waals surface area contributed by atoms with Crippen LogP contribution in [0.3, 0.4) is 0 Å². The Balaban J connectivity index is 0.000000395. The lowest BCUT2D eigenvalue weighted by Crippen LogP contribution is -2.33. The zero-order valence-electron chi connectivity index (χ0n) is 21.9. The third-order valence-electron chi connectivity index (χ3n) is 5.62. The molecule has 0 atom stereocenters. The van der Waals surface area contributed by atoms with Crippen LogP contribution in [0.1, 0.15) is 26.4 Å². The van der Waals surface area contributed by atoms with Gasteiger partial charge >= 0.3 is 5.97 Å². The minimum absolute atomic E-state index is 0.0992. The second-order valence-electron chi connectivity index (χ2n) is 8.64. The van der Waals surface area contributed by atoms with Gasteiger partial charge in [-0.3, -0.25) is 4.31 Å². The first-order valence-electron chi connectivity index (χ1n) is 11.9. The van der Waals surface area contributed by atoms with Gasteiger partial charge in [0.05, 0.1) is 25.1 Å². The molecule has 0 saturated heterocycles. The van der Waals surface area contributed by atoms with Gasteiger partial charge in [-0.05, 0) is 83.0 Å². The number of thiophene rings is 1. The number of halogens is 2. The molecule has 1 aromatic heterocycles. The van der Waals surface area contributed by atoms with Gasteiger partial charge in [-0.25, -0.2) is 13.2 Å². The van der Waals surface area contributed by atoms with E-state index in [1.165, 1.54) is 34.4 Å². The number of carbonyl (C=O) groups is 1. The van der Waals surface area contributed by atoms with Crippen molar-refractivity contribution >= 4 is 67.2 Å². The molecular weight excluding hydrogens is 665 g/mol. The predicted octanol–water partition coefficient (Wildman–Crippen LogP) is 8.29. The van der Waals surface area contributed by atoms with Gasteiger partial charge in [-0.2, -0.15) is 0 Å². The third kappa shape index (κ3) is 8.41. The number of nitrogens with zero attached hydrogens (tertiary/aromatic N) is 1. The van der Waals surface area contributed by atoms with E-state index in [0.29, 0.717) is 5.69 Å². The van der Waals surface area contributed by atoms with E-state index in [1.54, 1.807) is 6.07 Å². The largest absolute Gasteiger partial charge is 0.465 e. The molecule has 39 heavy (non-hydrogen) atoms. The number of benzene rings is 3. The predicted molar refractivity (Wildman–Crippen MR) is 171 cm³/mol. The standard InChI is InChI=1S/C22H20INO4S2.C8H9Cl/c1-3-12-30(26,27)24(15-16-8-7-11-18(23)13-16)19-14-20(17-9-5-4-6-10-17)29-21(19)22(25)28-2;1-6-3-4-7(2)8(9)5-6/h3-11,13-14H,1,12,15H2,2H3;3-5H,1-2H3. The maximum absolute atomic E-state index is 13.1. The van der Waals surface area contributed by atoms with Gasteiger partial charge in [0.1, 0.15) is 4.88 Å². The summed E-state index contributed by atoms with van der Waals surface area (Å²) in [6, 6.07) is 24.9. The van der Waals surface area contributed by atoms with Crippen LogP contribution in [-0.2, 0) is 21.3 Å². The Hall–Kier alpha value is -2.66. The summed E-state index contributed by atoms with van der Waals surface area (Å²) in [4.78, 5) is 13.5. The molecular formula is C30H29ClINO4S2. The van der Waals surface area contributed by atoms with E-state index < -0.39 is 16.0 Å². The minimum Gasteiger partial charge on any atom is -0.465 e. The molecule has 0 aliphatic heterocycles. The number of hydrogen-bond acceptors (Lipinski definition) is 5. The summed E-state index contributed by atoms with van der Waals surface area (Å²) in [7, 11) is -2.47. The number of ether oxygens (including phenoxy) is 1. The summed E-state index contributed by atoms with van der Waals surface area (Å²) in [5, 5.41) is 0.856. The normalized spacial score (nSPS) is 10.8. The van der Waals surface area contributed by atoms with Crippen LogP contribution >= 0.6 is 45.5 Å². The topological polar surface area (TPSA) is 63.7 Å². The Morgan fingerprint density at radius 1 is 1.05 bits per heavy atom. The summed E-state index contributed by atoms with van der Waals surface area (Å²) in [5.74, 6) is -0.813. The molecule has 0 saturated carbocycles. The molecule has 3 aromatic carbocycles. The highest BCUT2D eigenvalue weighted by Crippen LogP contribution is 2.39. The third-order valence-corrected chi connectivity index (χ3v) is 9.50. The van der Waals surface area contributed by atoms with E-state index >= 15 is 0 Å². The first-order valence-corrected chi connectivity index (χ1v) is 15.8. The highest BCUT2D eigenvalue weighted by atomic mass is 127. The number of carbonyl (C=O) groups excluding carboxylic acids is 1. The fourth-order valence-corrected chi connectivity index (χ4v) is 6.87. The van der Waals surface area contributed by atoms with Gasteiger partial charge in [0.15, 0.2) is 0 Å². The number of hydrogen-bond donors (Lipinski definition) is 0. The van der Waals surface area contributed by atoms with E-state index in [0.717, 1.165) is 30.2 Å². The summed E-state index contributed by atoms with van der Waals surface area (Å²) >= 11 is 9.21. The fourth-order valence-electron chi connectivity index (χ4n) is 3.62. The van der Waals surface area contributed by atoms with Crippen LogP contribution in [0.5, 0.6) is 0 Å². The van der Waals surface area contributed by atoms with Crippen LogP contribution in [0, 0.1) is 17.4 Å². The first-order chi connectivity index (χ1) is 18.6. The molecule has 4 aromatic rings. The summed E-state index contributed by atoms with van der Waals surface area (Å²) < 4.78 is 33.5. The quantitative estimate of drug-likeness (QED) is 0.106. The van der Waals surface area contributed by atoms with E-state index in [1.807, 2.05) is 80.6 Å². The molecule has 0 aliphatic rings. The zero-order valence-corrected chi connectivity index (χ0v) is 26.4. The number of esters is 1. The number of sulfonamides is 1. The average molecular weight is 694 g/mol. The van der Waals surface area contributed by atoms with Crippen LogP contribution in [0.2, 0.25) is 5.02 Å². The zero-order chi connectivity index (χ0) is 28.6. The molecule has 9 heteroatoms. The number of methoxy groups -OCH3 is 1. The monoisotopic (exact) mass is 693 g/mol. The maximum atomic E-state index is 13.1. The highest BCUT2D eigenvalue weighted by molar-refractivity contribution is 14.1. The van der Waals surface area contributed by atoms with E-state index in [-0.39, 0.29) is 17.2 Å². The van der Waals surface area contributed by atoms with Crippen LogP contribution in [0.25, 0.3) is 10.4 Å². The molecule has 0 radical (unpaired) electrons. The lowest BCUT2D eigenvalue weighted by Gasteiger charge is -2.24. The molecule has 0 aliphatic carbocycles. The summed E-state index contributed by atoms with van der Waals surface area (Å²) in [5.41, 5.74) is 4.38. The van der Waals surface area contributed by atoms with Crippen LogP contribution in [-0.4, -0.2) is 27.2 Å². The Kier molecular flexibility index (Phi) is 11.2. The Morgan fingerprint density at radius 2 is 1.77 bits per heavy atom. The van der Waals surface area contributed by atoms with Crippen molar-refractivity contribution in [1.29, 1.82) is 0 Å². The van der Waals surface area contributed by atoms with Crippen LogP contribution in [0.15, 0.2) is 91.5 Å². The molecule has 0 bridgehead atoms. The van der Waals surface area contributed by atoms with E-state index in [9.17, 15) is 13.2 Å². The Morgan fingerprint density at radius 3 is 2.36 bits per heavy atom. The van der Waals surface area contributed by atoms with Crippen molar-refractivity contribution < 1.29 is 17.9 Å². The van der Waals surface area contributed by atoms with Gasteiger partial charge in [0, 0.05) is 13.5 Å². The van der Waals surface area contributed by atoms with Crippen molar-refractivity contribution in [1.82, 2.24) is 0 Å². The van der Waals surface area contributed by atoms with Crippen molar-refractivity contribution in [3.05, 3.63) is 122 Å². The lowest BCUT2D eigenvalue weighted by molar-refractivity contribution is 0.0607. The van der Waals surface area contributed by atoms with Crippen molar-refractivity contribution in [2.24, 2.45) is 0 Å².